The van der Waals surface area contributed by atoms with Gasteiger partial charge >= 0.3 is 0 Å². The van der Waals surface area contributed by atoms with Crippen LogP contribution in [0.3, 0.4) is 0 Å². The average molecular weight is 241 g/mol. The van der Waals surface area contributed by atoms with Crippen LogP contribution in [0, 0.1) is 0 Å². The molecule has 0 aromatic heterocycles. The number of aromatic hydroxyl groups is 1. The van der Waals surface area contributed by atoms with Gasteiger partial charge in [0.15, 0.2) is 0 Å². The van der Waals surface area contributed by atoms with E-state index in [9.17, 15) is 5.11 Å². The van der Waals surface area contributed by atoms with E-state index in [2.05, 4.69) is 4.90 Å². The minimum atomic E-state index is 0.339. The summed E-state index contributed by atoms with van der Waals surface area (Å²) in [5.41, 5.74) is 1.20. The Morgan fingerprint density at radius 2 is 1.60 bits per heavy atom. The maximum absolute atomic E-state index is 9.23. The molecule has 0 saturated carbocycles. The van der Waals surface area contributed by atoms with Crippen molar-refractivity contribution < 1.29 is 5.11 Å². The van der Waals surface area contributed by atoms with Gasteiger partial charge in [0, 0.05) is 5.69 Å². The second-order valence-corrected chi connectivity index (χ2v) is 5.63. The number of phenolic OH excluding ortho intramolecular Hbond substituents is 1. The molecule has 0 spiro atoms. The maximum Gasteiger partial charge on any atom is 0.115 e. The standard InChI is InChI=1S/C11H15NOS2/c13-11-4-2-10(3-5-11)12-8-14-6-1-7-15-9-12/h2-5,13H,1,6-9H2. The summed E-state index contributed by atoms with van der Waals surface area (Å²) in [7, 11) is 0. The highest BCUT2D eigenvalue weighted by Crippen LogP contribution is 2.24. The van der Waals surface area contributed by atoms with Gasteiger partial charge in [-0.1, -0.05) is 0 Å². The molecule has 2 nitrogen and oxygen atoms in total. The zero-order valence-electron chi connectivity index (χ0n) is 8.56. The molecule has 0 aliphatic carbocycles. The largest absolute Gasteiger partial charge is 0.508 e. The number of anilines is 1. The van der Waals surface area contributed by atoms with Gasteiger partial charge in [-0.3, -0.25) is 0 Å². The molecule has 1 aromatic carbocycles. The SMILES string of the molecule is Oc1ccc(N2CSCCCSC2)cc1. The van der Waals surface area contributed by atoms with Gasteiger partial charge in [0.1, 0.15) is 5.75 Å². The van der Waals surface area contributed by atoms with Crippen LogP contribution in [0.15, 0.2) is 24.3 Å². The lowest BCUT2D eigenvalue weighted by Gasteiger charge is -2.25. The summed E-state index contributed by atoms with van der Waals surface area (Å²) < 4.78 is 0. The fourth-order valence-electron chi connectivity index (χ4n) is 1.46. The second kappa shape index (κ2) is 5.56. The summed E-state index contributed by atoms with van der Waals surface area (Å²) in [5.74, 6) is 4.95. The van der Waals surface area contributed by atoms with Crippen molar-refractivity contribution in [1.82, 2.24) is 0 Å². The minimum absolute atomic E-state index is 0.339. The Hall–Kier alpha value is -0.480. The molecule has 1 aromatic rings. The van der Waals surface area contributed by atoms with Crippen LogP contribution in [-0.2, 0) is 0 Å². The summed E-state index contributed by atoms with van der Waals surface area (Å²) in [6, 6.07) is 7.48. The van der Waals surface area contributed by atoms with Crippen molar-refractivity contribution in [3.05, 3.63) is 24.3 Å². The van der Waals surface area contributed by atoms with Crippen molar-refractivity contribution in [3.63, 3.8) is 0 Å². The highest BCUT2D eigenvalue weighted by Gasteiger charge is 2.08. The molecule has 0 bridgehead atoms. The first kappa shape index (κ1) is 11.0. The van der Waals surface area contributed by atoms with E-state index in [1.807, 2.05) is 35.7 Å². The van der Waals surface area contributed by atoms with Crippen LogP contribution in [0.5, 0.6) is 5.75 Å². The lowest BCUT2D eigenvalue weighted by molar-refractivity contribution is 0.475. The Balaban J connectivity index is 2.03. The molecule has 1 N–H and O–H groups in total. The van der Waals surface area contributed by atoms with Crippen molar-refractivity contribution in [2.75, 3.05) is 28.2 Å². The fraction of sp³-hybridized carbons (Fsp3) is 0.455. The number of nitrogens with zero attached hydrogens (tertiary/aromatic N) is 1. The van der Waals surface area contributed by atoms with Gasteiger partial charge in [0.05, 0.1) is 11.8 Å². The molecule has 1 saturated heterocycles. The van der Waals surface area contributed by atoms with E-state index in [1.54, 1.807) is 12.1 Å². The topological polar surface area (TPSA) is 23.5 Å². The Labute approximate surface area is 99.1 Å². The molecule has 0 amide bonds. The number of benzene rings is 1. The number of hydrogen-bond acceptors (Lipinski definition) is 4. The van der Waals surface area contributed by atoms with Gasteiger partial charge in [-0.05, 0) is 42.2 Å². The first-order valence-electron chi connectivity index (χ1n) is 5.06. The van der Waals surface area contributed by atoms with Crippen LogP contribution < -0.4 is 4.90 Å². The fourth-order valence-corrected chi connectivity index (χ4v) is 3.64. The lowest BCUT2D eigenvalue weighted by Crippen LogP contribution is -2.23. The van der Waals surface area contributed by atoms with Crippen LogP contribution in [0.2, 0.25) is 0 Å². The third-order valence-electron chi connectivity index (χ3n) is 2.29. The number of thioether (sulfide) groups is 2. The highest BCUT2D eigenvalue weighted by molar-refractivity contribution is 8.00. The van der Waals surface area contributed by atoms with Crippen molar-refractivity contribution >= 4 is 29.2 Å². The van der Waals surface area contributed by atoms with Crippen molar-refractivity contribution in [2.45, 2.75) is 6.42 Å². The molecular formula is C11H15NOS2. The number of phenols is 1. The van der Waals surface area contributed by atoms with E-state index in [-0.39, 0.29) is 0 Å². The van der Waals surface area contributed by atoms with Crippen molar-refractivity contribution in [1.29, 1.82) is 0 Å². The Morgan fingerprint density at radius 3 is 2.20 bits per heavy atom. The highest BCUT2D eigenvalue weighted by atomic mass is 32.2. The lowest BCUT2D eigenvalue weighted by atomic mass is 10.3. The van der Waals surface area contributed by atoms with Crippen LogP contribution in [-0.4, -0.2) is 28.4 Å². The molecule has 0 unspecified atom stereocenters. The average Bonchev–Trinajstić information content (AvgIpc) is 2.19. The first-order chi connectivity index (χ1) is 7.36. The van der Waals surface area contributed by atoms with E-state index in [0.29, 0.717) is 5.75 Å². The van der Waals surface area contributed by atoms with Crippen molar-refractivity contribution in [2.24, 2.45) is 0 Å². The molecule has 1 heterocycles. The van der Waals surface area contributed by atoms with E-state index in [4.69, 9.17) is 0 Å². The maximum atomic E-state index is 9.23. The summed E-state index contributed by atoms with van der Waals surface area (Å²) in [4.78, 5) is 2.36. The van der Waals surface area contributed by atoms with Gasteiger partial charge in [-0.2, -0.15) is 0 Å². The van der Waals surface area contributed by atoms with Crippen LogP contribution >= 0.6 is 23.5 Å². The smallest absolute Gasteiger partial charge is 0.115 e. The predicted octanol–water partition coefficient (Wildman–Crippen LogP) is 2.98. The summed E-state index contributed by atoms with van der Waals surface area (Å²) in [5, 5.41) is 9.23. The molecule has 0 atom stereocenters. The molecule has 15 heavy (non-hydrogen) atoms. The number of hydrogen-bond donors (Lipinski definition) is 1. The van der Waals surface area contributed by atoms with Gasteiger partial charge in [-0.25, -0.2) is 0 Å². The van der Waals surface area contributed by atoms with Gasteiger partial charge in [0.2, 0.25) is 0 Å². The third kappa shape index (κ3) is 3.24. The molecule has 4 heteroatoms. The Bertz CT molecular complexity index is 294. The molecule has 1 fully saturated rings. The molecule has 2 rings (SSSR count). The van der Waals surface area contributed by atoms with Gasteiger partial charge in [0.25, 0.3) is 0 Å². The Morgan fingerprint density at radius 1 is 1.00 bits per heavy atom. The zero-order valence-corrected chi connectivity index (χ0v) is 10.2. The van der Waals surface area contributed by atoms with E-state index in [1.165, 1.54) is 23.6 Å². The predicted molar refractivity (Wildman–Crippen MR) is 69.9 cm³/mol. The molecule has 1 aliphatic heterocycles. The van der Waals surface area contributed by atoms with Crippen LogP contribution in [0.25, 0.3) is 0 Å². The first-order valence-corrected chi connectivity index (χ1v) is 7.37. The molecule has 0 radical (unpaired) electrons. The summed E-state index contributed by atoms with van der Waals surface area (Å²) >= 11 is 3.97. The quantitative estimate of drug-likeness (QED) is 0.816. The van der Waals surface area contributed by atoms with Crippen molar-refractivity contribution in [3.8, 4) is 5.75 Å². The minimum Gasteiger partial charge on any atom is -0.508 e. The third-order valence-corrected chi connectivity index (χ3v) is 4.43. The summed E-state index contributed by atoms with van der Waals surface area (Å²) in [6.45, 7) is 0. The van der Waals surface area contributed by atoms with E-state index >= 15 is 0 Å². The van der Waals surface area contributed by atoms with E-state index in [0.717, 1.165) is 11.8 Å². The monoisotopic (exact) mass is 241 g/mol. The van der Waals surface area contributed by atoms with Gasteiger partial charge < -0.3 is 10.0 Å². The Kier molecular flexibility index (Phi) is 4.09. The molecule has 82 valence electrons. The number of rotatable bonds is 1. The van der Waals surface area contributed by atoms with Crippen LogP contribution in [0.1, 0.15) is 6.42 Å². The molecular weight excluding hydrogens is 226 g/mol. The normalized spacial score (nSPS) is 18.3. The molecule has 1 aliphatic rings. The summed E-state index contributed by atoms with van der Waals surface area (Å²) in [6.07, 6.45) is 1.32. The van der Waals surface area contributed by atoms with Gasteiger partial charge in [-0.15, -0.1) is 23.5 Å². The second-order valence-electron chi connectivity index (χ2n) is 3.48. The zero-order chi connectivity index (χ0) is 10.5. The van der Waals surface area contributed by atoms with Crippen LogP contribution in [0.4, 0.5) is 5.69 Å². The van der Waals surface area contributed by atoms with E-state index < -0.39 is 0 Å².